The number of ketones is 1. The first-order valence-electron chi connectivity index (χ1n) is 7.04. The zero-order valence-corrected chi connectivity index (χ0v) is 12.3. The van der Waals surface area contributed by atoms with Gasteiger partial charge in [-0.2, -0.15) is 0 Å². The predicted octanol–water partition coefficient (Wildman–Crippen LogP) is 3.94. The van der Waals surface area contributed by atoms with Crippen LogP contribution >= 0.6 is 0 Å². The largest absolute Gasteiger partial charge is 0.299 e. The van der Waals surface area contributed by atoms with Gasteiger partial charge in [-0.25, -0.2) is 0 Å². The van der Waals surface area contributed by atoms with Crippen LogP contribution in [0.2, 0.25) is 0 Å². The van der Waals surface area contributed by atoms with Gasteiger partial charge in [-0.15, -0.1) is 0 Å². The Hall–Kier alpha value is -1.11. The van der Waals surface area contributed by atoms with Crippen molar-refractivity contribution in [2.75, 3.05) is 0 Å². The molecule has 0 saturated carbocycles. The molecule has 18 heavy (non-hydrogen) atoms. The standard InChI is InChI=1S/C17H24O/c1-10(2)17(18)14-6-7-15-12(4)8-11(3)13(5)16(15)9-14/h8,10,14H,6-7,9H2,1-5H3/t14-/m1/s1. The number of fused-ring (bicyclic) bond motifs is 1. The second kappa shape index (κ2) is 4.87. The highest BCUT2D eigenvalue weighted by Gasteiger charge is 2.28. The first-order chi connectivity index (χ1) is 8.41. The average Bonchev–Trinajstić information content (AvgIpc) is 2.34. The fourth-order valence-electron chi connectivity index (χ4n) is 3.23. The molecular weight excluding hydrogens is 220 g/mol. The number of rotatable bonds is 2. The van der Waals surface area contributed by atoms with Crippen LogP contribution in [0.25, 0.3) is 0 Å². The van der Waals surface area contributed by atoms with E-state index >= 15 is 0 Å². The lowest BCUT2D eigenvalue weighted by Gasteiger charge is -2.28. The number of Topliss-reactive ketones (excluding diaryl/α,β-unsaturated/α-hetero) is 1. The molecule has 0 fully saturated rings. The molecule has 0 bridgehead atoms. The van der Waals surface area contributed by atoms with Gasteiger partial charge < -0.3 is 0 Å². The van der Waals surface area contributed by atoms with Crippen molar-refractivity contribution in [3.8, 4) is 0 Å². The summed E-state index contributed by atoms with van der Waals surface area (Å²) in [6.45, 7) is 10.6. The third-order valence-corrected chi connectivity index (χ3v) is 4.48. The van der Waals surface area contributed by atoms with Crippen molar-refractivity contribution >= 4 is 5.78 Å². The zero-order valence-electron chi connectivity index (χ0n) is 12.3. The van der Waals surface area contributed by atoms with Crippen LogP contribution in [0.3, 0.4) is 0 Å². The molecule has 1 aromatic carbocycles. The molecule has 0 amide bonds. The second-order valence-corrected chi connectivity index (χ2v) is 6.09. The van der Waals surface area contributed by atoms with Gasteiger partial charge in [0.25, 0.3) is 0 Å². The summed E-state index contributed by atoms with van der Waals surface area (Å²) < 4.78 is 0. The van der Waals surface area contributed by atoms with Crippen molar-refractivity contribution in [1.82, 2.24) is 0 Å². The lowest BCUT2D eigenvalue weighted by molar-refractivity contribution is -0.126. The molecule has 0 spiro atoms. The third kappa shape index (κ3) is 2.23. The minimum absolute atomic E-state index is 0.169. The molecule has 0 N–H and O–H groups in total. The SMILES string of the molecule is Cc1cc(C)c2c(c1C)C[C@H](C(=O)C(C)C)CC2. The normalized spacial score (nSPS) is 18.9. The number of benzene rings is 1. The van der Waals surface area contributed by atoms with Crippen LogP contribution in [-0.2, 0) is 17.6 Å². The molecule has 0 aliphatic heterocycles. The van der Waals surface area contributed by atoms with Gasteiger partial charge in [0, 0.05) is 11.8 Å². The van der Waals surface area contributed by atoms with Crippen molar-refractivity contribution in [1.29, 1.82) is 0 Å². The quantitative estimate of drug-likeness (QED) is 0.770. The van der Waals surface area contributed by atoms with Gasteiger partial charge >= 0.3 is 0 Å². The fraction of sp³-hybridized carbons (Fsp3) is 0.588. The smallest absolute Gasteiger partial charge is 0.138 e. The Morgan fingerprint density at radius 1 is 1.17 bits per heavy atom. The van der Waals surface area contributed by atoms with E-state index in [1.807, 2.05) is 13.8 Å². The molecular formula is C17H24O. The highest BCUT2D eigenvalue weighted by atomic mass is 16.1. The van der Waals surface area contributed by atoms with Crippen LogP contribution in [-0.4, -0.2) is 5.78 Å². The van der Waals surface area contributed by atoms with Crippen molar-refractivity contribution in [3.05, 3.63) is 33.9 Å². The molecule has 1 aliphatic rings. The molecule has 2 rings (SSSR count). The van der Waals surface area contributed by atoms with E-state index in [1.54, 1.807) is 0 Å². The highest BCUT2D eigenvalue weighted by molar-refractivity contribution is 5.83. The highest BCUT2D eigenvalue weighted by Crippen LogP contribution is 2.33. The lowest BCUT2D eigenvalue weighted by atomic mass is 9.75. The Labute approximate surface area is 111 Å². The molecule has 0 radical (unpaired) electrons. The molecule has 1 aromatic rings. The van der Waals surface area contributed by atoms with Gasteiger partial charge in [-0.3, -0.25) is 4.79 Å². The number of aryl methyl sites for hydroxylation is 2. The van der Waals surface area contributed by atoms with E-state index in [0.29, 0.717) is 5.78 Å². The van der Waals surface area contributed by atoms with E-state index in [2.05, 4.69) is 26.8 Å². The van der Waals surface area contributed by atoms with Gasteiger partial charge in [0.1, 0.15) is 5.78 Å². The summed E-state index contributed by atoms with van der Waals surface area (Å²) in [5, 5.41) is 0. The van der Waals surface area contributed by atoms with Gasteiger partial charge in [-0.1, -0.05) is 19.9 Å². The lowest BCUT2D eigenvalue weighted by Crippen LogP contribution is -2.27. The molecule has 0 heterocycles. The molecule has 1 nitrogen and oxygen atoms in total. The van der Waals surface area contributed by atoms with Crippen LogP contribution in [0.15, 0.2) is 6.07 Å². The van der Waals surface area contributed by atoms with E-state index in [1.165, 1.54) is 27.8 Å². The predicted molar refractivity (Wildman–Crippen MR) is 76.0 cm³/mol. The molecule has 98 valence electrons. The van der Waals surface area contributed by atoms with Crippen molar-refractivity contribution in [3.63, 3.8) is 0 Å². The molecule has 1 aliphatic carbocycles. The summed E-state index contributed by atoms with van der Waals surface area (Å²) in [5.74, 6) is 0.861. The maximum absolute atomic E-state index is 12.2. The minimum atomic E-state index is 0.169. The van der Waals surface area contributed by atoms with Crippen LogP contribution in [0.1, 0.15) is 48.1 Å². The Balaban J connectivity index is 2.37. The van der Waals surface area contributed by atoms with Gasteiger partial charge in [0.05, 0.1) is 0 Å². The molecule has 0 unspecified atom stereocenters. The summed E-state index contributed by atoms with van der Waals surface area (Å²) in [4.78, 5) is 12.2. The minimum Gasteiger partial charge on any atom is -0.299 e. The van der Waals surface area contributed by atoms with Crippen molar-refractivity contribution in [2.24, 2.45) is 11.8 Å². The Kier molecular flexibility index (Phi) is 3.61. The summed E-state index contributed by atoms with van der Waals surface area (Å²) in [6, 6.07) is 2.29. The maximum atomic E-state index is 12.2. The van der Waals surface area contributed by atoms with Gasteiger partial charge in [0.2, 0.25) is 0 Å². The van der Waals surface area contributed by atoms with Crippen LogP contribution in [0.5, 0.6) is 0 Å². The van der Waals surface area contributed by atoms with Crippen LogP contribution in [0, 0.1) is 32.6 Å². The number of carbonyl (C=O) groups excluding carboxylic acids is 1. The van der Waals surface area contributed by atoms with E-state index in [0.717, 1.165) is 19.3 Å². The molecule has 1 atom stereocenters. The Morgan fingerprint density at radius 3 is 2.44 bits per heavy atom. The number of hydrogen-bond donors (Lipinski definition) is 0. The summed E-state index contributed by atoms with van der Waals surface area (Å²) >= 11 is 0. The molecule has 1 heteroatoms. The number of hydrogen-bond acceptors (Lipinski definition) is 1. The summed E-state index contributed by atoms with van der Waals surface area (Å²) in [7, 11) is 0. The van der Waals surface area contributed by atoms with Crippen molar-refractivity contribution < 1.29 is 4.79 Å². The number of carbonyl (C=O) groups is 1. The van der Waals surface area contributed by atoms with Crippen molar-refractivity contribution in [2.45, 2.75) is 53.9 Å². The summed E-state index contributed by atoms with van der Waals surface area (Å²) in [6.07, 6.45) is 3.07. The van der Waals surface area contributed by atoms with Crippen LogP contribution < -0.4 is 0 Å². The molecule has 0 aromatic heterocycles. The fourth-order valence-corrected chi connectivity index (χ4v) is 3.23. The van der Waals surface area contributed by atoms with Gasteiger partial charge in [0.15, 0.2) is 0 Å². The van der Waals surface area contributed by atoms with Crippen LogP contribution in [0.4, 0.5) is 0 Å². The van der Waals surface area contributed by atoms with Gasteiger partial charge in [-0.05, 0) is 67.9 Å². The van der Waals surface area contributed by atoms with E-state index in [9.17, 15) is 4.79 Å². The second-order valence-electron chi connectivity index (χ2n) is 6.09. The Bertz CT molecular complexity index is 483. The Morgan fingerprint density at radius 2 is 1.83 bits per heavy atom. The maximum Gasteiger partial charge on any atom is 0.138 e. The monoisotopic (exact) mass is 244 g/mol. The summed E-state index contributed by atoms with van der Waals surface area (Å²) in [5.41, 5.74) is 7.13. The first kappa shape index (κ1) is 13.3. The molecule has 0 saturated heterocycles. The first-order valence-corrected chi connectivity index (χ1v) is 7.04. The topological polar surface area (TPSA) is 17.1 Å². The van der Waals surface area contributed by atoms with E-state index in [4.69, 9.17) is 0 Å². The van der Waals surface area contributed by atoms with E-state index in [-0.39, 0.29) is 11.8 Å². The third-order valence-electron chi connectivity index (χ3n) is 4.48. The van der Waals surface area contributed by atoms with E-state index < -0.39 is 0 Å². The zero-order chi connectivity index (χ0) is 13.4. The average molecular weight is 244 g/mol.